The third kappa shape index (κ3) is 3.98. The van der Waals surface area contributed by atoms with E-state index in [1.165, 1.54) is 27.8 Å². The highest BCUT2D eigenvalue weighted by molar-refractivity contribution is 8.00. The minimum atomic E-state index is 0.121. The van der Waals surface area contributed by atoms with E-state index >= 15 is 0 Å². The van der Waals surface area contributed by atoms with Gasteiger partial charge in [-0.25, -0.2) is 9.97 Å². The number of aromatic nitrogens is 2. The molecule has 4 aromatic rings. The number of thioether (sulfide) groups is 1. The number of benzene rings is 2. The van der Waals surface area contributed by atoms with Crippen LogP contribution in [0.25, 0.3) is 21.3 Å². The number of carbonyl (C=O) groups is 1. The van der Waals surface area contributed by atoms with Gasteiger partial charge >= 0.3 is 0 Å². The van der Waals surface area contributed by atoms with Gasteiger partial charge in [-0.2, -0.15) is 0 Å². The van der Waals surface area contributed by atoms with Gasteiger partial charge in [0.25, 0.3) is 0 Å². The molecule has 0 spiro atoms. The second-order valence-corrected chi connectivity index (χ2v) is 9.33. The van der Waals surface area contributed by atoms with Crippen LogP contribution in [0, 0.1) is 27.7 Å². The number of thiophene rings is 1. The highest BCUT2D eigenvalue weighted by Crippen LogP contribution is 2.41. The van der Waals surface area contributed by atoms with Gasteiger partial charge in [0.15, 0.2) is 5.78 Å². The Hall–Kier alpha value is -2.50. The fraction of sp³-hybridized carbons (Fsp3) is 0.208. The highest BCUT2D eigenvalue weighted by Gasteiger charge is 2.19. The van der Waals surface area contributed by atoms with Gasteiger partial charge in [0.1, 0.15) is 15.7 Å². The van der Waals surface area contributed by atoms with Crippen molar-refractivity contribution in [3.8, 4) is 11.1 Å². The topological polar surface area (TPSA) is 42.9 Å². The van der Waals surface area contributed by atoms with Crippen LogP contribution in [0.4, 0.5) is 0 Å². The normalized spacial score (nSPS) is 11.2. The Bertz CT molecular complexity index is 1210. The molecule has 0 unspecified atom stereocenters. The molecule has 0 fully saturated rings. The minimum Gasteiger partial charge on any atom is -0.293 e. The molecular weight excluding hydrogens is 396 g/mol. The standard InChI is InChI=1S/C24H22N2OS2/c1-14-10-11-19(12-15(14)2)20(27)13-28-23-22-21(18-8-6-5-7-9-18)16(3)29-24(22)26-17(4)25-23/h5-12H,13H2,1-4H3. The lowest BCUT2D eigenvalue weighted by atomic mass is 10.0. The molecule has 3 nitrogen and oxygen atoms in total. The Morgan fingerprint density at radius 2 is 1.72 bits per heavy atom. The number of rotatable bonds is 5. The molecule has 0 aliphatic rings. The molecule has 0 saturated carbocycles. The molecule has 29 heavy (non-hydrogen) atoms. The van der Waals surface area contributed by atoms with E-state index in [4.69, 9.17) is 4.98 Å². The van der Waals surface area contributed by atoms with Crippen molar-refractivity contribution >= 4 is 39.1 Å². The first-order valence-electron chi connectivity index (χ1n) is 9.50. The Morgan fingerprint density at radius 1 is 0.966 bits per heavy atom. The summed E-state index contributed by atoms with van der Waals surface area (Å²) in [6.45, 7) is 8.13. The van der Waals surface area contributed by atoms with Crippen molar-refractivity contribution in [1.29, 1.82) is 0 Å². The maximum atomic E-state index is 12.8. The van der Waals surface area contributed by atoms with Crippen molar-refractivity contribution < 1.29 is 4.79 Å². The molecule has 0 N–H and O–H groups in total. The number of hydrogen-bond donors (Lipinski definition) is 0. The molecular formula is C24H22N2OS2. The van der Waals surface area contributed by atoms with Crippen LogP contribution in [0.3, 0.4) is 0 Å². The summed E-state index contributed by atoms with van der Waals surface area (Å²) in [6.07, 6.45) is 0. The van der Waals surface area contributed by atoms with Crippen LogP contribution in [-0.2, 0) is 0 Å². The summed E-state index contributed by atoms with van der Waals surface area (Å²) in [4.78, 5) is 24.4. The van der Waals surface area contributed by atoms with E-state index in [0.717, 1.165) is 37.8 Å². The van der Waals surface area contributed by atoms with Crippen molar-refractivity contribution in [2.45, 2.75) is 32.7 Å². The predicted molar refractivity (Wildman–Crippen MR) is 123 cm³/mol. The Balaban J connectivity index is 1.71. The zero-order chi connectivity index (χ0) is 20.5. The molecule has 0 radical (unpaired) electrons. The summed E-state index contributed by atoms with van der Waals surface area (Å²) in [5.41, 5.74) is 5.43. The molecule has 0 aliphatic carbocycles. The fourth-order valence-corrected chi connectivity index (χ4v) is 5.50. The third-order valence-electron chi connectivity index (χ3n) is 5.04. The molecule has 2 aromatic carbocycles. The lowest BCUT2D eigenvalue weighted by molar-refractivity contribution is 0.102. The summed E-state index contributed by atoms with van der Waals surface area (Å²) in [7, 11) is 0. The van der Waals surface area contributed by atoms with E-state index in [1.54, 1.807) is 11.3 Å². The maximum Gasteiger partial charge on any atom is 0.173 e. The number of carbonyl (C=O) groups excluding carboxylic acids is 1. The zero-order valence-corrected chi connectivity index (χ0v) is 18.6. The summed E-state index contributed by atoms with van der Waals surface area (Å²) >= 11 is 3.19. The van der Waals surface area contributed by atoms with Gasteiger partial charge in [-0.15, -0.1) is 11.3 Å². The quantitative estimate of drug-likeness (QED) is 0.209. The molecule has 0 bridgehead atoms. The van der Waals surface area contributed by atoms with Gasteiger partial charge in [-0.1, -0.05) is 54.2 Å². The van der Waals surface area contributed by atoms with Crippen molar-refractivity contribution in [3.63, 3.8) is 0 Å². The number of aryl methyl sites for hydroxylation is 4. The predicted octanol–water partition coefficient (Wildman–Crippen LogP) is 6.57. The van der Waals surface area contributed by atoms with E-state index in [0.29, 0.717) is 5.75 Å². The van der Waals surface area contributed by atoms with Crippen LogP contribution in [0.1, 0.15) is 32.2 Å². The fourth-order valence-electron chi connectivity index (χ4n) is 3.37. The van der Waals surface area contributed by atoms with Gasteiger partial charge in [0.05, 0.1) is 11.1 Å². The molecule has 2 heterocycles. The zero-order valence-electron chi connectivity index (χ0n) is 16.9. The highest BCUT2D eigenvalue weighted by atomic mass is 32.2. The van der Waals surface area contributed by atoms with Crippen LogP contribution in [0.2, 0.25) is 0 Å². The number of nitrogens with zero attached hydrogens (tertiary/aromatic N) is 2. The minimum absolute atomic E-state index is 0.121. The van der Waals surface area contributed by atoms with E-state index in [1.807, 2.05) is 50.2 Å². The number of hydrogen-bond acceptors (Lipinski definition) is 5. The first kappa shape index (κ1) is 19.8. The first-order valence-corrected chi connectivity index (χ1v) is 11.3. The average molecular weight is 419 g/mol. The molecule has 5 heteroatoms. The second-order valence-electron chi connectivity index (χ2n) is 7.17. The van der Waals surface area contributed by atoms with Gasteiger partial charge in [-0.05, 0) is 50.5 Å². The van der Waals surface area contributed by atoms with Gasteiger partial charge in [-0.3, -0.25) is 4.79 Å². The van der Waals surface area contributed by atoms with Crippen molar-refractivity contribution in [2.75, 3.05) is 5.75 Å². The average Bonchev–Trinajstić information content (AvgIpc) is 3.04. The van der Waals surface area contributed by atoms with E-state index < -0.39 is 0 Å². The van der Waals surface area contributed by atoms with E-state index in [-0.39, 0.29) is 5.78 Å². The van der Waals surface area contributed by atoms with Gasteiger partial charge < -0.3 is 0 Å². The Labute approximate surface area is 179 Å². The Morgan fingerprint density at radius 3 is 2.45 bits per heavy atom. The number of ketones is 1. The molecule has 2 aromatic heterocycles. The first-order chi connectivity index (χ1) is 13.9. The van der Waals surface area contributed by atoms with E-state index in [2.05, 4.69) is 31.0 Å². The molecule has 0 atom stereocenters. The monoisotopic (exact) mass is 418 g/mol. The lowest BCUT2D eigenvalue weighted by Gasteiger charge is -2.08. The van der Waals surface area contributed by atoms with Crippen molar-refractivity contribution in [2.24, 2.45) is 0 Å². The lowest BCUT2D eigenvalue weighted by Crippen LogP contribution is -2.04. The number of fused-ring (bicyclic) bond motifs is 1. The molecule has 0 aliphatic heterocycles. The molecule has 146 valence electrons. The largest absolute Gasteiger partial charge is 0.293 e. The second kappa shape index (κ2) is 8.09. The molecule has 0 saturated heterocycles. The summed E-state index contributed by atoms with van der Waals surface area (Å²) in [5.74, 6) is 1.21. The van der Waals surface area contributed by atoms with Crippen LogP contribution in [0.5, 0.6) is 0 Å². The molecule has 0 amide bonds. The summed E-state index contributed by atoms with van der Waals surface area (Å²) in [6, 6.07) is 16.2. The summed E-state index contributed by atoms with van der Waals surface area (Å²) < 4.78 is 0. The van der Waals surface area contributed by atoms with Crippen molar-refractivity contribution in [1.82, 2.24) is 9.97 Å². The van der Waals surface area contributed by atoms with Gasteiger partial charge in [0, 0.05) is 16.0 Å². The van der Waals surface area contributed by atoms with Crippen LogP contribution >= 0.6 is 23.1 Å². The smallest absolute Gasteiger partial charge is 0.173 e. The maximum absolute atomic E-state index is 12.8. The third-order valence-corrected chi connectivity index (χ3v) is 7.01. The van der Waals surface area contributed by atoms with Crippen LogP contribution < -0.4 is 0 Å². The Kier molecular flexibility index (Phi) is 5.52. The van der Waals surface area contributed by atoms with E-state index in [9.17, 15) is 4.79 Å². The van der Waals surface area contributed by atoms with Crippen LogP contribution in [-0.4, -0.2) is 21.5 Å². The SMILES string of the molecule is Cc1nc(SCC(=O)c2ccc(C)c(C)c2)c2c(-c3ccccc3)c(C)sc2n1. The number of Topliss-reactive ketones (excluding diaryl/α,β-unsaturated/α-hetero) is 1. The molecule has 4 rings (SSSR count). The van der Waals surface area contributed by atoms with Crippen molar-refractivity contribution in [3.05, 3.63) is 75.9 Å². The van der Waals surface area contributed by atoms with Crippen LogP contribution in [0.15, 0.2) is 53.6 Å². The summed E-state index contributed by atoms with van der Waals surface area (Å²) in [5, 5.41) is 1.94. The van der Waals surface area contributed by atoms with Gasteiger partial charge in [0.2, 0.25) is 0 Å².